The summed E-state index contributed by atoms with van der Waals surface area (Å²) in [5.41, 5.74) is 0. The zero-order valence-electron chi connectivity index (χ0n) is 12.2. The van der Waals surface area contributed by atoms with Crippen molar-refractivity contribution in [1.29, 1.82) is 0 Å². The zero-order valence-corrected chi connectivity index (χ0v) is 12.2. The quantitative estimate of drug-likeness (QED) is 0.621. The molecule has 1 saturated heterocycles. The highest BCUT2D eigenvalue weighted by Crippen LogP contribution is 2.26. The molecule has 0 bridgehead atoms. The average Bonchev–Trinajstić information content (AvgIpc) is 2.69. The van der Waals surface area contributed by atoms with Gasteiger partial charge in [0.15, 0.2) is 0 Å². The van der Waals surface area contributed by atoms with E-state index in [1.54, 1.807) is 0 Å². The van der Waals surface area contributed by atoms with Crippen molar-refractivity contribution in [3.05, 3.63) is 0 Å². The molecule has 1 rings (SSSR count). The lowest BCUT2D eigenvalue weighted by molar-refractivity contribution is 0.194. The molecule has 0 aromatic carbocycles. The van der Waals surface area contributed by atoms with Crippen molar-refractivity contribution < 1.29 is 0 Å². The van der Waals surface area contributed by atoms with Crippen LogP contribution in [0, 0.1) is 0 Å². The Morgan fingerprint density at radius 2 is 1.82 bits per heavy atom. The highest BCUT2D eigenvalue weighted by atomic mass is 15.2. The number of hydrogen-bond donors (Lipinski definition) is 1. The van der Waals surface area contributed by atoms with Crippen molar-refractivity contribution in [3.8, 4) is 0 Å². The first kappa shape index (κ1) is 15.0. The van der Waals surface area contributed by atoms with Crippen LogP contribution in [0.15, 0.2) is 0 Å². The number of nitrogens with one attached hydrogen (secondary N) is 1. The molecular weight excluding hydrogens is 208 g/mol. The molecule has 0 radical (unpaired) electrons. The summed E-state index contributed by atoms with van der Waals surface area (Å²) >= 11 is 0. The molecule has 1 fully saturated rings. The molecule has 2 atom stereocenters. The fourth-order valence-corrected chi connectivity index (χ4v) is 3.04. The molecule has 17 heavy (non-hydrogen) atoms. The van der Waals surface area contributed by atoms with Gasteiger partial charge in [-0.2, -0.15) is 0 Å². The third kappa shape index (κ3) is 5.39. The fourth-order valence-electron chi connectivity index (χ4n) is 3.04. The molecule has 0 aromatic rings. The Morgan fingerprint density at radius 1 is 1.06 bits per heavy atom. The summed E-state index contributed by atoms with van der Waals surface area (Å²) in [7, 11) is 0. The van der Waals surface area contributed by atoms with Gasteiger partial charge in [-0.15, -0.1) is 0 Å². The van der Waals surface area contributed by atoms with Gasteiger partial charge in [0.05, 0.1) is 0 Å². The van der Waals surface area contributed by atoms with E-state index in [0.29, 0.717) is 0 Å². The number of likely N-dealkylation sites (tertiary alicyclic amines) is 1. The topological polar surface area (TPSA) is 15.3 Å². The average molecular weight is 240 g/mol. The van der Waals surface area contributed by atoms with Crippen LogP contribution in [0.25, 0.3) is 0 Å². The van der Waals surface area contributed by atoms with E-state index >= 15 is 0 Å². The maximum absolute atomic E-state index is 3.39. The number of nitrogens with zero attached hydrogens (tertiary/aromatic N) is 1. The van der Waals surface area contributed by atoms with Gasteiger partial charge in [-0.25, -0.2) is 0 Å². The lowest BCUT2D eigenvalue weighted by Crippen LogP contribution is -2.34. The molecule has 0 saturated carbocycles. The Kier molecular flexibility index (Phi) is 7.87. The predicted octanol–water partition coefficient (Wildman–Crippen LogP) is 3.42. The molecule has 1 aliphatic heterocycles. The van der Waals surface area contributed by atoms with Gasteiger partial charge in [0.25, 0.3) is 0 Å². The Labute approximate surface area is 108 Å². The van der Waals surface area contributed by atoms with Crippen LogP contribution in [-0.4, -0.2) is 36.6 Å². The Bertz CT molecular complexity index is 182. The fraction of sp³-hybridized carbons (Fsp3) is 1.00. The predicted molar refractivity (Wildman–Crippen MR) is 76.5 cm³/mol. The van der Waals surface area contributed by atoms with Crippen molar-refractivity contribution in [1.82, 2.24) is 10.2 Å². The molecule has 1 aliphatic rings. The molecule has 0 aliphatic carbocycles. The van der Waals surface area contributed by atoms with Gasteiger partial charge in [0.2, 0.25) is 0 Å². The van der Waals surface area contributed by atoms with Gasteiger partial charge < -0.3 is 5.32 Å². The first-order valence-corrected chi connectivity index (χ1v) is 7.76. The third-order valence-electron chi connectivity index (χ3n) is 4.19. The van der Waals surface area contributed by atoms with Gasteiger partial charge in [-0.3, -0.25) is 4.90 Å². The molecule has 0 amide bonds. The number of hydrogen-bond acceptors (Lipinski definition) is 2. The van der Waals surface area contributed by atoms with E-state index in [1.807, 2.05) is 0 Å². The lowest BCUT2D eigenvalue weighted by atomic mass is 10.1. The minimum Gasteiger partial charge on any atom is -0.317 e. The van der Waals surface area contributed by atoms with Crippen LogP contribution in [0.4, 0.5) is 0 Å². The second-order valence-corrected chi connectivity index (χ2v) is 5.49. The van der Waals surface area contributed by atoms with E-state index in [9.17, 15) is 0 Å². The van der Waals surface area contributed by atoms with Crippen LogP contribution in [-0.2, 0) is 0 Å². The van der Waals surface area contributed by atoms with Crippen molar-refractivity contribution in [2.45, 2.75) is 77.8 Å². The van der Waals surface area contributed by atoms with Crippen LogP contribution >= 0.6 is 0 Å². The molecule has 2 heteroatoms. The molecule has 102 valence electrons. The molecule has 0 spiro atoms. The normalized spacial score (nSPS) is 25.6. The van der Waals surface area contributed by atoms with Crippen molar-refractivity contribution in [3.63, 3.8) is 0 Å². The Balaban J connectivity index is 2.01. The standard InChI is InChI=1S/C15H32N2/c1-4-15-11-10-14(3)17(15)13-9-7-6-8-12-16-5-2/h14-16H,4-13H2,1-3H3. The Morgan fingerprint density at radius 3 is 2.53 bits per heavy atom. The largest absolute Gasteiger partial charge is 0.317 e. The van der Waals surface area contributed by atoms with E-state index < -0.39 is 0 Å². The van der Waals surface area contributed by atoms with Gasteiger partial charge >= 0.3 is 0 Å². The summed E-state index contributed by atoms with van der Waals surface area (Å²) in [6, 6.07) is 1.72. The van der Waals surface area contributed by atoms with E-state index in [2.05, 4.69) is 31.0 Å². The van der Waals surface area contributed by atoms with Gasteiger partial charge in [-0.05, 0) is 58.7 Å². The van der Waals surface area contributed by atoms with Crippen molar-refractivity contribution in [2.75, 3.05) is 19.6 Å². The van der Waals surface area contributed by atoms with Crippen molar-refractivity contribution in [2.24, 2.45) is 0 Å². The van der Waals surface area contributed by atoms with Crippen LogP contribution in [0.5, 0.6) is 0 Å². The van der Waals surface area contributed by atoms with Gasteiger partial charge in [-0.1, -0.05) is 26.7 Å². The molecule has 1 N–H and O–H groups in total. The minimum atomic E-state index is 0.835. The maximum atomic E-state index is 3.39. The van der Waals surface area contributed by atoms with Crippen LogP contribution in [0.2, 0.25) is 0 Å². The number of rotatable bonds is 9. The second-order valence-electron chi connectivity index (χ2n) is 5.49. The zero-order chi connectivity index (χ0) is 12.5. The second kappa shape index (κ2) is 8.93. The van der Waals surface area contributed by atoms with E-state index in [4.69, 9.17) is 0 Å². The molecule has 0 aromatic heterocycles. The highest BCUT2D eigenvalue weighted by Gasteiger charge is 2.28. The smallest absolute Gasteiger partial charge is 0.00960 e. The summed E-state index contributed by atoms with van der Waals surface area (Å²) in [4.78, 5) is 2.75. The molecular formula is C15H32N2. The lowest BCUT2D eigenvalue weighted by Gasteiger charge is -2.27. The summed E-state index contributed by atoms with van der Waals surface area (Å²) in [5, 5.41) is 3.39. The molecule has 2 unspecified atom stereocenters. The summed E-state index contributed by atoms with van der Waals surface area (Å²) < 4.78 is 0. The summed E-state index contributed by atoms with van der Waals surface area (Å²) in [5.74, 6) is 0. The Hall–Kier alpha value is -0.0800. The SMILES string of the molecule is CCNCCCCCCN1C(C)CCC1CC. The highest BCUT2D eigenvalue weighted by molar-refractivity contribution is 4.83. The van der Waals surface area contributed by atoms with E-state index in [1.165, 1.54) is 58.0 Å². The van der Waals surface area contributed by atoms with E-state index in [-0.39, 0.29) is 0 Å². The summed E-state index contributed by atoms with van der Waals surface area (Å²) in [6.45, 7) is 10.6. The third-order valence-corrected chi connectivity index (χ3v) is 4.19. The number of unbranched alkanes of at least 4 members (excludes halogenated alkanes) is 3. The van der Waals surface area contributed by atoms with Crippen LogP contribution in [0.1, 0.15) is 65.7 Å². The molecule has 2 nitrogen and oxygen atoms in total. The van der Waals surface area contributed by atoms with Crippen molar-refractivity contribution >= 4 is 0 Å². The maximum Gasteiger partial charge on any atom is 0.00960 e. The summed E-state index contributed by atoms with van der Waals surface area (Å²) in [6.07, 6.45) is 9.73. The molecule has 1 heterocycles. The van der Waals surface area contributed by atoms with Crippen LogP contribution in [0.3, 0.4) is 0 Å². The first-order valence-electron chi connectivity index (χ1n) is 7.76. The van der Waals surface area contributed by atoms with E-state index in [0.717, 1.165) is 18.6 Å². The minimum absolute atomic E-state index is 0.835. The van der Waals surface area contributed by atoms with Gasteiger partial charge in [0.1, 0.15) is 0 Å². The monoisotopic (exact) mass is 240 g/mol. The first-order chi connectivity index (χ1) is 8.29. The van der Waals surface area contributed by atoms with Crippen LogP contribution < -0.4 is 5.32 Å². The van der Waals surface area contributed by atoms with Gasteiger partial charge in [0, 0.05) is 12.1 Å².